The standard InChI is InChI=1S/C12H9ClN4O3/c13-10-6-11(15-7-14-10)16-12(18)5-8-3-1-2-4-9(8)17(19)20/h1-4,6-7H,5H2,(H,14,15,16,18). The fourth-order valence-electron chi connectivity index (χ4n) is 1.60. The van der Waals surface area contributed by atoms with Crippen molar-refractivity contribution in [2.45, 2.75) is 6.42 Å². The SMILES string of the molecule is O=C(Cc1ccccc1[N+](=O)[O-])Nc1cc(Cl)ncn1. The predicted molar refractivity (Wildman–Crippen MR) is 72.5 cm³/mol. The van der Waals surface area contributed by atoms with Gasteiger partial charge in [0.15, 0.2) is 0 Å². The van der Waals surface area contributed by atoms with Crippen molar-refractivity contribution in [3.63, 3.8) is 0 Å². The Morgan fingerprint density at radius 2 is 2.10 bits per heavy atom. The quantitative estimate of drug-likeness (QED) is 0.529. The summed E-state index contributed by atoms with van der Waals surface area (Å²) in [5, 5.41) is 13.5. The molecular formula is C12H9ClN4O3. The summed E-state index contributed by atoms with van der Waals surface area (Å²) in [6, 6.07) is 7.45. The number of benzene rings is 1. The molecule has 0 aliphatic carbocycles. The molecule has 2 rings (SSSR count). The zero-order chi connectivity index (χ0) is 14.5. The average molecular weight is 293 g/mol. The van der Waals surface area contributed by atoms with Gasteiger partial charge in [0.05, 0.1) is 11.3 Å². The lowest BCUT2D eigenvalue weighted by Crippen LogP contribution is -2.16. The third-order valence-electron chi connectivity index (χ3n) is 2.44. The van der Waals surface area contributed by atoms with E-state index in [2.05, 4.69) is 15.3 Å². The minimum Gasteiger partial charge on any atom is -0.310 e. The second kappa shape index (κ2) is 6.07. The number of amides is 1. The van der Waals surface area contributed by atoms with Crippen LogP contribution in [-0.4, -0.2) is 20.8 Å². The van der Waals surface area contributed by atoms with Crippen LogP contribution in [0.1, 0.15) is 5.56 Å². The van der Waals surface area contributed by atoms with Gasteiger partial charge in [-0.05, 0) is 0 Å². The molecular weight excluding hydrogens is 284 g/mol. The van der Waals surface area contributed by atoms with Gasteiger partial charge in [0.1, 0.15) is 17.3 Å². The molecule has 0 radical (unpaired) electrons. The highest BCUT2D eigenvalue weighted by atomic mass is 35.5. The topological polar surface area (TPSA) is 98.0 Å². The van der Waals surface area contributed by atoms with Gasteiger partial charge in [-0.15, -0.1) is 0 Å². The molecule has 0 saturated heterocycles. The van der Waals surface area contributed by atoms with Crippen molar-refractivity contribution in [3.05, 3.63) is 57.5 Å². The van der Waals surface area contributed by atoms with E-state index in [0.29, 0.717) is 5.56 Å². The zero-order valence-electron chi connectivity index (χ0n) is 10.1. The molecule has 7 nitrogen and oxygen atoms in total. The summed E-state index contributed by atoms with van der Waals surface area (Å²) in [7, 11) is 0. The molecule has 102 valence electrons. The molecule has 1 amide bonds. The van der Waals surface area contributed by atoms with Gasteiger partial charge in [-0.2, -0.15) is 0 Å². The van der Waals surface area contributed by atoms with Gasteiger partial charge in [0.2, 0.25) is 5.91 Å². The van der Waals surface area contributed by atoms with Crippen molar-refractivity contribution >= 4 is 29.0 Å². The molecule has 8 heteroatoms. The highest BCUT2D eigenvalue weighted by Crippen LogP contribution is 2.18. The molecule has 0 spiro atoms. The Kier molecular flexibility index (Phi) is 4.21. The first kappa shape index (κ1) is 13.9. The summed E-state index contributed by atoms with van der Waals surface area (Å²) < 4.78 is 0. The van der Waals surface area contributed by atoms with E-state index in [1.165, 1.54) is 24.5 Å². The monoisotopic (exact) mass is 292 g/mol. The van der Waals surface area contributed by atoms with Gasteiger partial charge in [-0.3, -0.25) is 14.9 Å². The molecule has 1 aromatic carbocycles. The Balaban J connectivity index is 2.11. The van der Waals surface area contributed by atoms with E-state index in [0.717, 1.165) is 0 Å². The smallest absolute Gasteiger partial charge is 0.273 e. The largest absolute Gasteiger partial charge is 0.310 e. The number of rotatable bonds is 4. The first-order chi connectivity index (χ1) is 9.56. The molecule has 1 N–H and O–H groups in total. The number of hydrogen-bond donors (Lipinski definition) is 1. The number of aromatic nitrogens is 2. The lowest BCUT2D eigenvalue weighted by molar-refractivity contribution is -0.385. The van der Waals surface area contributed by atoms with Gasteiger partial charge in [-0.25, -0.2) is 9.97 Å². The van der Waals surface area contributed by atoms with E-state index in [9.17, 15) is 14.9 Å². The van der Waals surface area contributed by atoms with Crippen molar-refractivity contribution in [1.29, 1.82) is 0 Å². The number of halogens is 1. The van der Waals surface area contributed by atoms with Gasteiger partial charge >= 0.3 is 0 Å². The van der Waals surface area contributed by atoms with E-state index in [-0.39, 0.29) is 23.1 Å². The van der Waals surface area contributed by atoms with E-state index in [1.807, 2.05) is 0 Å². The minimum absolute atomic E-state index is 0.0941. The fourth-order valence-corrected chi connectivity index (χ4v) is 1.75. The maximum Gasteiger partial charge on any atom is 0.273 e. The predicted octanol–water partition coefficient (Wildman–Crippen LogP) is 2.22. The maximum atomic E-state index is 11.8. The van der Waals surface area contributed by atoms with Crippen LogP contribution in [-0.2, 0) is 11.2 Å². The van der Waals surface area contributed by atoms with Crippen LogP contribution in [0.2, 0.25) is 5.15 Å². The van der Waals surface area contributed by atoms with Gasteiger partial charge in [0, 0.05) is 17.7 Å². The Labute approximate surface area is 118 Å². The highest BCUT2D eigenvalue weighted by molar-refractivity contribution is 6.29. The van der Waals surface area contributed by atoms with Crippen molar-refractivity contribution in [2.75, 3.05) is 5.32 Å². The van der Waals surface area contributed by atoms with Crippen LogP contribution in [0.25, 0.3) is 0 Å². The zero-order valence-corrected chi connectivity index (χ0v) is 10.9. The second-order valence-electron chi connectivity index (χ2n) is 3.84. The van der Waals surface area contributed by atoms with Crippen molar-refractivity contribution in [1.82, 2.24) is 9.97 Å². The third kappa shape index (κ3) is 3.48. The summed E-state index contributed by atoms with van der Waals surface area (Å²) in [4.78, 5) is 29.6. The molecule has 0 aliphatic heterocycles. The van der Waals surface area contributed by atoms with E-state index < -0.39 is 10.8 Å². The van der Waals surface area contributed by atoms with Crippen LogP contribution in [0.3, 0.4) is 0 Å². The Morgan fingerprint density at radius 1 is 1.35 bits per heavy atom. The summed E-state index contributed by atoms with van der Waals surface area (Å²) in [5.74, 6) is -0.178. The number of anilines is 1. The lowest BCUT2D eigenvalue weighted by Gasteiger charge is -2.05. The second-order valence-corrected chi connectivity index (χ2v) is 4.22. The molecule has 0 aliphatic rings. The molecule has 1 aromatic heterocycles. The van der Waals surface area contributed by atoms with Crippen molar-refractivity contribution in [2.24, 2.45) is 0 Å². The summed E-state index contributed by atoms with van der Waals surface area (Å²) in [6.07, 6.45) is 1.09. The van der Waals surface area contributed by atoms with Crippen LogP contribution < -0.4 is 5.32 Å². The Hall–Kier alpha value is -2.54. The number of hydrogen-bond acceptors (Lipinski definition) is 5. The first-order valence-electron chi connectivity index (χ1n) is 5.56. The number of nitrogens with one attached hydrogen (secondary N) is 1. The van der Waals surface area contributed by atoms with E-state index >= 15 is 0 Å². The molecule has 0 bridgehead atoms. The van der Waals surface area contributed by atoms with Crippen molar-refractivity contribution in [3.8, 4) is 0 Å². The molecule has 0 saturated carbocycles. The Morgan fingerprint density at radius 3 is 2.80 bits per heavy atom. The third-order valence-corrected chi connectivity index (χ3v) is 2.65. The molecule has 1 heterocycles. The van der Waals surface area contributed by atoms with Crippen LogP contribution in [0.5, 0.6) is 0 Å². The first-order valence-corrected chi connectivity index (χ1v) is 5.94. The summed E-state index contributed by atoms with van der Waals surface area (Å²) >= 11 is 5.66. The van der Waals surface area contributed by atoms with Gasteiger partial charge < -0.3 is 5.32 Å². The van der Waals surface area contributed by atoms with E-state index in [4.69, 9.17) is 11.6 Å². The van der Waals surface area contributed by atoms with Gasteiger partial charge in [0.25, 0.3) is 5.69 Å². The Bertz CT molecular complexity index is 663. The number of carbonyl (C=O) groups is 1. The summed E-state index contributed by atoms with van der Waals surface area (Å²) in [6.45, 7) is 0. The minimum atomic E-state index is -0.524. The number of nitrogens with zero attached hydrogens (tertiary/aromatic N) is 3. The fraction of sp³-hybridized carbons (Fsp3) is 0.0833. The van der Waals surface area contributed by atoms with Crippen LogP contribution >= 0.6 is 11.6 Å². The number of nitro benzene ring substituents is 1. The normalized spacial score (nSPS) is 10.1. The van der Waals surface area contributed by atoms with Crippen LogP contribution in [0.4, 0.5) is 11.5 Å². The number of nitro groups is 1. The van der Waals surface area contributed by atoms with Crippen LogP contribution in [0.15, 0.2) is 36.7 Å². The summed E-state index contributed by atoms with van der Waals surface area (Å²) in [5.41, 5.74) is 0.235. The molecule has 20 heavy (non-hydrogen) atoms. The van der Waals surface area contributed by atoms with Crippen molar-refractivity contribution < 1.29 is 9.72 Å². The highest BCUT2D eigenvalue weighted by Gasteiger charge is 2.15. The number of para-hydroxylation sites is 1. The average Bonchev–Trinajstić information content (AvgIpc) is 2.38. The van der Waals surface area contributed by atoms with Crippen LogP contribution in [0, 0.1) is 10.1 Å². The van der Waals surface area contributed by atoms with E-state index in [1.54, 1.807) is 12.1 Å². The lowest BCUT2D eigenvalue weighted by atomic mass is 10.1. The molecule has 0 unspecified atom stereocenters. The molecule has 2 aromatic rings. The number of carbonyl (C=O) groups excluding carboxylic acids is 1. The molecule has 0 fully saturated rings. The molecule has 0 atom stereocenters. The maximum absolute atomic E-state index is 11.8. The van der Waals surface area contributed by atoms with Gasteiger partial charge in [-0.1, -0.05) is 29.8 Å².